The summed E-state index contributed by atoms with van der Waals surface area (Å²) in [5.74, 6) is 0.878. The van der Waals surface area contributed by atoms with E-state index >= 15 is 0 Å². The van der Waals surface area contributed by atoms with Crippen LogP contribution in [0.3, 0.4) is 0 Å². The van der Waals surface area contributed by atoms with E-state index in [1.807, 2.05) is 0 Å². The summed E-state index contributed by atoms with van der Waals surface area (Å²) in [5, 5.41) is 3.13. The molecule has 0 bridgehead atoms. The molecule has 0 saturated heterocycles. The highest BCUT2D eigenvalue weighted by atomic mass is 16.1. The Balaban J connectivity index is 1.97. The van der Waals surface area contributed by atoms with E-state index in [2.05, 4.69) is 10.3 Å². The Morgan fingerprint density at radius 3 is 3.06 bits per heavy atom. The van der Waals surface area contributed by atoms with Gasteiger partial charge in [0.25, 0.3) is 5.56 Å². The van der Waals surface area contributed by atoms with Crippen molar-refractivity contribution >= 4 is 5.82 Å². The summed E-state index contributed by atoms with van der Waals surface area (Å²) >= 11 is 0. The molecule has 1 aliphatic rings. The molecule has 5 heteroatoms. The molecule has 1 aromatic heterocycles. The number of nitrogens with one attached hydrogen (secondary N) is 1. The lowest BCUT2D eigenvalue weighted by atomic mass is 9.85. The Morgan fingerprint density at radius 2 is 2.29 bits per heavy atom. The van der Waals surface area contributed by atoms with E-state index < -0.39 is 0 Å². The maximum atomic E-state index is 11.7. The smallest absolute Gasteiger partial charge is 0.293 e. The van der Waals surface area contributed by atoms with Crippen LogP contribution in [0.1, 0.15) is 25.7 Å². The molecule has 0 aliphatic heterocycles. The lowest BCUT2D eigenvalue weighted by molar-refractivity contribution is 0.321. The van der Waals surface area contributed by atoms with Gasteiger partial charge < -0.3 is 15.6 Å². The molecule has 0 radical (unpaired) electrons. The van der Waals surface area contributed by atoms with Gasteiger partial charge in [0, 0.05) is 32.0 Å². The minimum atomic E-state index is -0.0862. The molecule has 3 N–H and O–H groups in total. The third kappa shape index (κ3) is 2.85. The summed E-state index contributed by atoms with van der Waals surface area (Å²) in [6.45, 7) is 0.743. The highest BCUT2D eigenvalue weighted by Gasteiger charge is 2.21. The van der Waals surface area contributed by atoms with Crippen LogP contribution in [-0.2, 0) is 7.05 Å². The molecule has 0 amide bonds. The van der Waals surface area contributed by atoms with Crippen LogP contribution in [0.5, 0.6) is 0 Å². The molecule has 1 saturated carbocycles. The van der Waals surface area contributed by atoms with Crippen molar-refractivity contribution < 1.29 is 0 Å². The van der Waals surface area contributed by atoms with Gasteiger partial charge in [-0.3, -0.25) is 4.79 Å². The molecule has 94 valence electrons. The number of nitrogens with zero attached hydrogens (tertiary/aromatic N) is 2. The number of aromatic nitrogens is 2. The number of rotatable bonds is 3. The molecule has 2 unspecified atom stereocenters. The Bertz CT molecular complexity index is 429. The predicted molar refractivity (Wildman–Crippen MR) is 67.9 cm³/mol. The van der Waals surface area contributed by atoms with Crippen LogP contribution in [0.4, 0.5) is 5.82 Å². The van der Waals surface area contributed by atoms with Crippen molar-refractivity contribution in [1.82, 2.24) is 9.55 Å². The summed E-state index contributed by atoms with van der Waals surface area (Å²) < 4.78 is 1.52. The number of hydrogen-bond acceptors (Lipinski definition) is 4. The summed E-state index contributed by atoms with van der Waals surface area (Å²) in [6.07, 6.45) is 7.97. The van der Waals surface area contributed by atoms with Gasteiger partial charge in [0.1, 0.15) is 0 Å². The standard InChI is InChI=1S/C12H20N4O/c1-16-7-6-14-11(12(16)17)15-8-9-4-2-3-5-10(9)13/h6-7,9-10H,2-5,8,13H2,1H3,(H,14,15). The average molecular weight is 236 g/mol. The van der Waals surface area contributed by atoms with Crippen LogP contribution in [0.2, 0.25) is 0 Å². The normalized spacial score (nSPS) is 24.6. The molecule has 17 heavy (non-hydrogen) atoms. The summed E-state index contributed by atoms with van der Waals surface area (Å²) in [7, 11) is 1.72. The Hall–Kier alpha value is -1.36. The molecule has 5 nitrogen and oxygen atoms in total. The third-order valence-corrected chi connectivity index (χ3v) is 3.52. The first kappa shape index (κ1) is 12.1. The first-order chi connectivity index (χ1) is 8.18. The van der Waals surface area contributed by atoms with Gasteiger partial charge in [-0.1, -0.05) is 12.8 Å². The number of nitrogens with two attached hydrogens (primary N) is 1. The van der Waals surface area contributed by atoms with Crippen molar-refractivity contribution in [2.75, 3.05) is 11.9 Å². The maximum absolute atomic E-state index is 11.7. The van der Waals surface area contributed by atoms with Gasteiger partial charge in [0.15, 0.2) is 5.82 Å². The molecule has 2 rings (SSSR count). The minimum Gasteiger partial charge on any atom is -0.365 e. The molecular weight excluding hydrogens is 216 g/mol. The van der Waals surface area contributed by atoms with E-state index in [-0.39, 0.29) is 11.6 Å². The molecular formula is C12H20N4O. The molecule has 1 aromatic rings. The first-order valence-corrected chi connectivity index (χ1v) is 6.19. The molecule has 1 heterocycles. The van der Waals surface area contributed by atoms with Crippen LogP contribution in [-0.4, -0.2) is 22.1 Å². The van der Waals surface area contributed by atoms with Crippen molar-refractivity contribution in [2.45, 2.75) is 31.7 Å². The van der Waals surface area contributed by atoms with Gasteiger partial charge in [0.2, 0.25) is 0 Å². The average Bonchev–Trinajstić information content (AvgIpc) is 2.33. The Morgan fingerprint density at radius 1 is 1.53 bits per heavy atom. The second-order valence-corrected chi connectivity index (χ2v) is 4.78. The molecule has 1 aliphatic carbocycles. The van der Waals surface area contributed by atoms with E-state index in [4.69, 9.17) is 5.73 Å². The van der Waals surface area contributed by atoms with Crippen LogP contribution < -0.4 is 16.6 Å². The van der Waals surface area contributed by atoms with E-state index in [1.165, 1.54) is 17.4 Å². The predicted octanol–water partition coefficient (Wildman–Crippen LogP) is 0.710. The number of hydrogen-bond donors (Lipinski definition) is 2. The van der Waals surface area contributed by atoms with E-state index in [0.29, 0.717) is 11.7 Å². The fraction of sp³-hybridized carbons (Fsp3) is 0.667. The van der Waals surface area contributed by atoms with Gasteiger partial charge in [-0.25, -0.2) is 4.98 Å². The molecule has 0 aromatic carbocycles. The zero-order valence-corrected chi connectivity index (χ0v) is 10.2. The monoisotopic (exact) mass is 236 g/mol. The lowest BCUT2D eigenvalue weighted by Crippen LogP contribution is -2.38. The largest absolute Gasteiger partial charge is 0.365 e. The summed E-state index contributed by atoms with van der Waals surface area (Å²) in [4.78, 5) is 15.8. The Labute approximate surface area is 101 Å². The van der Waals surface area contributed by atoms with Gasteiger partial charge in [-0.2, -0.15) is 0 Å². The highest BCUT2D eigenvalue weighted by molar-refractivity contribution is 5.30. The molecule has 0 spiro atoms. The molecule has 2 atom stereocenters. The zero-order chi connectivity index (χ0) is 12.3. The van der Waals surface area contributed by atoms with Crippen molar-refractivity contribution in [3.63, 3.8) is 0 Å². The summed E-state index contributed by atoms with van der Waals surface area (Å²) in [6, 6.07) is 0.254. The van der Waals surface area contributed by atoms with Crippen LogP contribution in [0.25, 0.3) is 0 Å². The van der Waals surface area contributed by atoms with Gasteiger partial charge in [-0.15, -0.1) is 0 Å². The molecule has 1 fully saturated rings. The van der Waals surface area contributed by atoms with E-state index in [0.717, 1.165) is 19.4 Å². The van der Waals surface area contributed by atoms with Crippen molar-refractivity contribution in [3.8, 4) is 0 Å². The summed E-state index contributed by atoms with van der Waals surface area (Å²) in [5.41, 5.74) is 5.98. The fourth-order valence-electron chi connectivity index (χ4n) is 2.34. The second-order valence-electron chi connectivity index (χ2n) is 4.78. The van der Waals surface area contributed by atoms with E-state index in [1.54, 1.807) is 19.4 Å². The number of aryl methyl sites for hydroxylation is 1. The van der Waals surface area contributed by atoms with Crippen molar-refractivity contribution in [3.05, 3.63) is 22.7 Å². The van der Waals surface area contributed by atoms with Crippen LogP contribution in [0.15, 0.2) is 17.2 Å². The van der Waals surface area contributed by atoms with Crippen molar-refractivity contribution in [1.29, 1.82) is 0 Å². The quantitative estimate of drug-likeness (QED) is 0.810. The number of anilines is 1. The lowest BCUT2D eigenvalue weighted by Gasteiger charge is -2.28. The topological polar surface area (TPSA) is 72.9 Å². The van der Waals surface area contributed by atoms with Gasteiger partial charge in [0.05, 0.1) is 0 Å². The fourth-order valence-corrected chi connectivity index (χ4v) is 2.34. The van der Waals surface area contributed by atoms with Gasteiger partial charge in [-0.05, 0) is 18.8 Å². The minimum absolute atomic E-state index is 0.0862. The van der Waals surface area contributed by atoms with Gasteiger partial charge >= 0.3 is 0 Å². The third-order valence-electron chi connectivity index (χ3n) is 3.52. The Kier molecular flexibility index (Phi) is 3.78. The van der Waals surface area contributed by atoms with E-state index in [9.17, 15) is 4.79 Å². The maximum Gasteiger partial charge on any atom is 0.293 e. The highest BCUT2D eigenvalue weighted by Crippen LogP contribution is 2.22. The first-order valence-electron chi connectivity index (χ1n) is 6.19. The van der Waals surface area contributed by atoms with Crippen LogP contribution in [0, 0.1) is 5.92 Å². The van der Waals surface area contributed by atoms with Crippen LogP contribution >= 0.6 is 0 Å². The zero-order valence-electron chi connectivity index (χ0n) is 10.2. The van der Waals surface area contributed by atoms with Crippen molar-refractivity contribution in [2.24, 2.45) is 18.7 Å². The second kappa shape index (κ2) is 5.31. The SMILES string of the molecule is Cn1ccnc(NCC2CCCCC2N)c1=O.